The van der Waals surface area contributed by atoms with Gasteiger partial charge < -0.3 is 0 Å². The number of nitrogens with zero attached hydrogens (tertiary/aromatic N) is 2. The number of allylic oxidation sites excluding steroid dienone is 1. The number of halogens is 1. The Morgan fingerprint density at radius 2 is 2.55 bits per heavy atom. The highest BCUT2D eigenvalue weighted by Crippen LogP contribution is 1.92. The van der Waals surface area contributed by atoms with E-state index in [1.165, 1.54) is 5.23 Å². The van der Waals surface area contributed by atoms with E-state index in [4.69, 9.17) is 0 Å². The molecule has 0 amide bonds. The second kappa shape index (κ2) is 3.34. The van der Waals surface area contributed by atoms with Gasteiger partial charge in [0, 0.05) is 12.1 Å². The van der Waals surface area contributed by atoms with Gasteiger partial charge in [-0.2, -0.15) is 9.82 Å². The number of nitrogens with one attached hydrogen (secondary N) is 2. The van der Waals surface area contributed by atoms with Gasteiger partial charge in [0.1, 0.15) is 0 Å². The zero-order valence-electron chi connectivity index (χ0n) is 6.43. The third kappa shape index (κ3) is 2.55. The van der Waals surface area contributed by atoms with Crippen molar-refractivity contribution < 1.29 is 4.39 Å². The Hall–Kier alpha value is -1.10. The van der Waals surface area contributed by atoms with Crippen molar-refractivity contribution in [1.29, 1.82) is 0 Å². The second-order valence-corrected chi connectivity index (χ2v) is 2.42. The quantitative estimate of drug-likeness (QED) is 0.606. The van der Waals surface area contributed by atoms with Crippen LogP contribution in [0, 0.1) is 6.20 Å². The Morgan fingerprint density at radius 1 is 1.82 bits per heavy atom. The molecule has 4 nitrogen and oxygen atoms in total. The van der Waals surface area contributed by atoms with Crippen molar-refractivity contribution in [2.75, 3.05) is 0 Å². The molecule has 1 aliphatic heterocycles. The summed E-state index contributed by atoms with van der Waals surface area (Å²) in [6.45, 7) is 3.85. The summed E-state index contributed by atoms with van der Waals surface area (Å²) >= 11 is 0. The molecule has 0 atom stereocenters. The summed E-state index contributed by atoms with van der Waals surface area (Å²) in [6.07, 6.45) is 3.60. The average Bonchev–Trinajstić information content (AvgIpc) is 1.85. The summed E-state index contributed by atoms with van der Waals surface area (Å²) in [5, 5.41) is 4.65. The van der Waals surface area contributed by atoms with E-state index >= 15 is 0 Å². The zero-order chi connectivity index (χ0) is 8.27. The first kappa shape index (κ1) is 8.00. The van der Waals surface area contributed by atoms with Crippen molar-refractivity contribution >= 4 is 5.97 Å². The van der Waals surface area contributed by atoms with E-state index in [0.717, 1.165) is 6.08 Å². The van der Waals surface area contributed by atoms with Crippen LogP contribution in [0.4, 0.5) is 4.39 Å². The van der Waals surface area contributed by atoms with Crippen LogP contribution in [0.2, 0.25) is 0 Å². The van der Waals surface area contributed by atoms with Crippen LogP contribution < -0.4 is 10.9 Å². The molecular weight excluding hydrogens is 147 g/mol. The fraction of sp³-hybridized carbons (Fsp3) is 0.500. The molecule has 5 heteroatoms. The molecule has 1 rings (SSSR count). The summed E-state index contributed by atoms with van der Waals surface area (Å²) in [7, 11) is 0. The lowest BCUT2D eigenvalue weighted by molar-refractivity contribution is 0.119. The number of hydrogen-bond acceptors (Lipinski definition) is 4. The predicted octanol–water partition coefficient (Wildman–Crippen LogP) is 0.319. The Kier molecular flexibility index (Phi) is 2.43. The molecule has 0 saturated carbocycles. The van der Waals surface area contributed by atoms with Crippen molar-refractivity contribution in [2.45, 2.75) is 19.9 Å². The third-order valence-corrected chi connectivity index (χ3v) is 0.938. The normalized spacial score (nSPS) is 16.7. The van der Waals surface area contributed by atoms with Gasteiger partial charge in [0.25, 0.3) is 0 Å². The van der Waals surface area contributed by atoms with Gasteiger partial charge in [-0.3, -0.25) is 5.43 Å². The van der Waals surface area contributed by atoms with Crippen molar-refractivity contribution in [3.63, 3.8) is 0 Å². The van der Waals surface area contributed by atoms with E-state index in [0.29, 0.717) is 0 Å². The minimum atomic E-state index is -0.572. The molecule has 0 saturated heterocycles. The monoisotopic (exact) mass is 157 g/mol. The highest BCUT2D eigenvalue weighted by Gasteiger charge is 2.05. The van der Waals surface area contributed by atoms with Crippen LogP contribution in [0.1, 0.15) is 13.8 Å². The molecule has 2 N–H and O–H groups in total. The topological polar surface area (TPSA) is 39.7 Å². The molecule has 11 heavy (non-hydrogen) atoms. The SMILES string of the molecule is CC(C)NN1N=C(F)C=[C]N1. The lowest BCUT2D eigenvalue weighted by atomic mass is 10.4. The smallest absolute Gasteiger partial charge is 0.236 e. The second-order valence-electron chi connectivity index (χ2n) is 2.42. The number of rotatable bonds is 2. The van der Waals surface area contributed by atoms with Crippen molar-refractivity contribution in [3.8, 4) is 0 Å². The van der Waals surface area contributed by atoms with Crippen LogP contribution in [0.5, 0.6) is 0 Å². The molecular formula is C6H10FN4. The van der Waals surface area contributed by atoms with Gasteiger partial charge >= 0.3 is 0 Å². The van der Waals surface area contributed by atoms with E-state index in [9.17, 15) is 4.39 Å². The maximum Gasteiger partial charge on any atom is 0.236 e. The largest absolute Gasteiger partial charge is 0.265 e. The summed E-state index contributed by atoms with van der Waals surface area (Å²) in [4.78, 5) is 0. The van der Waals surface area contributed by atoms with Gasteiger partial charge in [0.15, 0.2) is 0 Å². The number of hydrazine groups is 2. The van der Waals surface area contributed by atoms with Gasteiger partial charge in [-0.05, 0) is 13.8 Å². The highest BCUT2D eigenvalue weighted by molar-refractivity contribution is 5.85. The molecule has 61 valence electrons. The molecule has 0 bridgehead atoms. The van der Waals surface area contributed by atoms with Crippen molar-refractivity contribution in [1.82, 2.24) is 16.1 Å². The molecule has 0 aromatic heterocycles. The first-order valence-corrected chi connectivity index (χ1v) is 3.33. The van der Waals surface area contributed by atoms with Crippen molar-refractivity contribution in [2.24, 2.45) is 5.10 Å². The maximum absolute atomic E-state index is 12.4. The lowest BCUT2D eigenvalue weighted by Gasteiger charge is -2.22. The molecule has 0 aromatic rings. The van der Waals surface area contributed by atoms with Gasteiger partial charge in [-0.25, -0.2) is 0 Å². The van der Waals surface area contributed by atoms with E-state index < -0.39 is 5.97 Å². The summed E-state index contributed by atoms with van der Waals surface area (Å²) in [6, 6.07) is 0.193. The Balaban J connectivity index is 2.44. The average molecular weight is 157 g/mol. The zero-order valence-corrected chi connectivity index (χ0v) is 6.43. The first-order chi connectivity index (χ1) is 5.18. The van der Waals surface area contributed by atoms with E-state index in [1.54, 1.807) is 0 Å². The van der Waals surface area contributed by atoms with Crippen LogP contribution in [0.15, 0.2) is 11.2 Å². The molecule has 1 heterocycles. The molecule has 0 spiro atoms. The summed E-state index contributed by atoms with van der Waals surface area (Å²) in [5.41, 5.74) is 5.39. The molecule has 0 fully saturated rings. The third-order valence-electron chi connectivity index (χ3n) is 0.938. The first-order valence-electron chi connectivity index (χ1n) is 3.33. The van der Waals surface area contributed by atoms with Gasteiger partial charge in [-0.15, -0.1) is 10.3 Å². The van der Waals surface area contributed by atoms with Crippen LogP contribution in [0.3, 0.4) is 0 Å². The number of hydrogen-bond donors (Lipinski definition) is 2. The Labute approximate surface area is 64.7 Å². The van der Waals surface area contributed by atoms with E-state index in [1.807, 2.05) is 13.8 Å². The Bertz CT molecular complexity index is 187. The summed E-state index contributed by atoms with van der Waals surface area (Å²) < 4.78 is 12.4. The minimum Gasteiger partial charge on any atom is -0.265 e. The molecule has 1 aliphatic rings. The molecule has 0 unspecified atom stereocenters. The van der Waals surface area contributed by atoms with Crippen LogP contribution in [-0.4, -0.2) is 17.2 Å². The van der Waals surface area contributed by atoms with Gasteiger partial charge in [-0.1, -0.05) is 0 Å². The Morgan fingerprint density at radius 3 is 3.09 bits per heavy atom. The standard InChI is InChI=1S/C6H10FN4/c1-5(2)9-11-8-4-3-6(7)10-11/h3,5,8-9H,1-2H3. The van der Waals surface area contributed by atoms with Crippen LogP contribution in [-0.2, 0) is 0 Å². The highest BCUT2D eigenvalue weighted by atomic mass is 19.1. The lowest BCUT2D eigenvalue weighted by Crippen LogP contribution is -2.47. The predicted molar refractivity (Wildman–Crippen MR) is 39.6 cm³/mol. The van der Waals surface area contributed by atoms with E-state index in [2.05, 4.69) is 22.2 Å². The summed E-state index contributed by atoms with van der Waals surface area (Å²) in [5.74, 6) is -0.572. The number of hydrazone groups is 1. The fourth-order valence-corrected chi connectivity index (χ4v) is 0.608. The maximum atomic E-state index is 12.4. The van der Waals surface area contributed by atoms with Gasteiger partial charge in [0.05, 0.1) is 6.20 Å². The van der Waals surface area contributed by atoms with E-state index in [-0.39, 0.29) is 6.04 Å². The van der Waals surface area contributed by atoms with Crippen LogP contribution in [0.25, 0.3) is 0 Å². The molecule has 1 radical (unpaired) electrons. The van der Waals surface area contributed by atoms with Gasteiger partial charge in [0.2, 0.25) is 5.97 Å². The van der Waals surface area contributed by atoms with Crippen molar-refractivity contribution in [3.05, 3.63) is 12.3 Å². The minimum absolute atomic E-state index is 0.193. The molecule has 0 aromatic carbocycles. The molecule has 0 aliphatic carbocycles. The van der Waals surface area contributed by atoms with Crippen LogP contribution >= 0.6 is 0 Å². The fourth-order valence-electron chi connectivity index (χ4n) is 0.608.